The first-order chi connectivity index (χ1) is 6.34. The van der Waals surface area contributed by atoms with Gasteiger partial charge in [0.1, 0.15) is 0 Å². The fourth-order valence-electron chi connectivity index (χ4n) is 2.55. The number of thiophene rings is 1. The highest BCUT2D eigenvalue weighted by atomic mass is 32.1. The molecule has 2 aliphatic carbocycles. The topological polar surface area (TPSA) is 17.1 Å². The Morgan fingerprint density at radius 3 is 2.69 bits per heavy atom. The van der Waals surface area contributed by atoms with E-state index in [2.05, 4.69) is 0 Å². The molecule has 1 heterocycles. The maximum absolute atomic E-state index is 11.9. The molecule has 0 saturated heterocycles. The summed E-state index contributed by atoms with van der Waals surface area (Å²) in [5.41, 5.74) is 0. The minimum absolute atomic E-state index is 0.363. The lowest BCUT2D eigenvalue weighted by molar-refractivity contribution is 0.0918. The number of Topliss-reactive ketones (excluding diaryl/α,β-unsaturated/α-hetero) is 1. The van der Waals surface area contributed by atoms with Crippen molar-refractivity contribution < 1.29 is 4.79 Å². The van der Waals surface area contributed by atoms with E-state index in [1.54, 1.807) is 11.3 Å². The predicted molar refractivity (Wildman–Crippen MR) is 53.0 cm³/mol. The molecule has 2 aliphatic rings. The van der Waals surface area contributed by atoms with Gasteiger partial charge in [-0.2, -0.15) is 0 Å². The Kier molecular flexibility index (Phi) is 1.59. The van der Waals surface area contributed by atoms with E-state index in [-0.39, 0.29) is 0 Å². The zero-order chi connectivity index (χ0) is 8.84. The minimum Gasteiger partial charge on any atom is -0.293 e. The Morgan fingerprint density at radius 2 is 2.08 bits per heavy atom. The molecule has 0 spiro atoms. The van der Waals surface area contributed by atoms with Gasteiger partial charge in [-0.1, -0.05) is 6.07 Å². The molecule has 13 heavy (non-hydrogen) atoms. The number of hydrogen-bond donors (Lipinski definition) is 0. The van der Waals surface area contributed by atoms with Gasteiger partial charge in [0.15, 0.2) is 5.78 Å². The lowest BCUT2D eigenvalue weighted by Gasteiger charge is -2.07. The van der Waals surface area contributed by atoms with E-state index in [1.165, 1.54) is 19.3 Å². The summed E-state index contributed by atoms with van der Waals surface area (Å²) in [5.74, 6) is 2.59. The Bertz CT molecular complexity index is 318. The monoisotopic (exact) mass is 192 g/mol. The average molecular weight is 192 g/mol. The minimum atomic E-state index is 0.363. The van der Waals surface area contributed by atoms with E-state index in [1.807, 2.05) is 17.5 Å². The van der Waals surface area contributed by atoms with Crippen LogP contribution < -0.4 is 0 Å². The fraction of sp³-hybridized carbons (Fsp3) is 0.545. The van der Waals surface area contributed by atoms with Crippen molar-refractivity contribution in [1.29, 1.82) is 0 Å². The molecule has 1 aromatic rings. The van der Waals surface area contributed by atoms with E-state index in [9.17, 15) is 4.79 Å². The molecule has 2 heteroatoms. The second kappa shape index (κ2) is 2.68. The standard InChI is InChI=1S/C11H12OS/c12-11(10-2-1-3-13-10)9-5-7-4-8(7)6-9/h1-3,7-9H,4-6H2. The van der Waals surface area contributed by atoms with Crippen LogP contribution in [0.15, 0.2) is 17.5 Å². The van der Waals surface area contributed by atoms with E-state index in [4.69, 9.17) is 0 Å². The van der Waals surface area contributed by atoms with E-state index in [0.29, 0.717) is 11.7 Å². The van der Waals surface area contributed by atoms with Crippen LogP contribution in [0, 0.1) is 17.8 Å². The van der Waals surface area contributed by atoms with Crippen LogP contribution in [0.4, 0.5) is 0 Å². The summed E-state index contributed by atoms with van der Waals surface area (Å²) >= 11 is 1.58. The largest absolute Gasteiger partial charge is 0.293 e. The molecule has 0 N–H and O–H groups in total. The molecule has 1 aromatic heterocycles. The van der Waals surface area contributed by atoms with E-state index < -0.39 is 0 Å². The number of fused-ring (bicyclic) bond motifs is 1. The van der Waals surface area contributed by atoms with Crippen LogP contribution in [0.5, 0.6) is 0 Å². The van der Waals surface area contributed by atoms with Crippen molar-refractivity contribution in [1.82, 2.24) is 0 Å². The predicted octanol–water partition coefficient (Wildman–Crippen LogP) is 2.98. The van der Waals surface area contributed by atoms with Gasteiger partial charge in [0.25, 0.3) is 0 Å². The normalized spacial score (nSPS) is 35.8. The third kappa shape index (κ3) is 1.24. The molecule has 68 valence electrons. The van der Waals surface area contributed by atoms with Crippen LogP contribution in [0.1, 0.15) is 28.9 Å². The number of carbonyl (C=O) groups is 1. The van der Waals surface area contributed by atoms with Gasteiger partial charge in [0, 0.05) is 5.92 Å². The summed E-state index contributed by atoms with van der Waals surface area (Å²) in [5, 5.41) is 1.99. The molecule has 3 rings (SSSR count). The molecule has 2 saturated carbocycles. The van der Waals surface area contributed by atoms with Gasteiger partial charge >= 0.3 is 0 Å². The third-order valence-electron chi connectivity index (χ3n) is 3.38. The van der Waals surface area contributed by atoms with Crippen LogP contribution in [0.2, 0.25) is 0 Å². The molecular formula is C11H12OS. The van der Waals surface area contributed by atoms with Crippen LogP contribution in [0.25, 0.3) is 0 Å². The van der Waals surface area contributed by atoms with Crippen molar-refractivity contribution in [2.45, 2.75) is 19.3 Å². The van der Waals surface area contributed by atoms with Crippen molar-refractivity contribution in [3.63, 3.8) is 0 Å². The maximum atomic E-state index is 11.9. The molecular weight excluding hydrogens is 180 g/mol. The van der Waals surface area contributed by atoms with Crippen molar-refractivity contribution in [2.75, 3.05) is 0 Å². The Labute approximate surface area is 81.8 Å². The smallest absolute Gasteiger partial charge is 0.175 e. The molecule has 0 amide bonds. The van der Waals surface area contributed by atoms with Gasteiger partial charge in [-0.05, 0) is 42.5 Å². The average Bonchev–Trinajstić information content (AvgIpc) is 2.63. The van der Waals surface area contributed by atoms with Crippen LogP contribution in [0.3, 0.4) is 0 Å². The zero-order valence-electron chi connectivity index (χ0n) is 7.40. The first-order valence-electron chi connectivity index (χ1n) is 4.92. The first kappa shape index (κ1) is 7.74. The molecule has 2 unspecified atom stereocenters. The van der Waals surface area contributed by atoms with Gasteiger partial charge < -0.3 is 0 Å². The number of ketones is 1. The lowest BCUT2D eigenvalue weighted by atomic mass is 9.97. The zero-order valence-corrected chi connectivity index (χ0v) is 8.22. The highest BCUT2D eigenvalue weighted by Crippen LogP contribution is 2.55. The van der Waals surface area contributed by atoms with Crippen LogP contribution in [-0.2, 0) is 0 Å². The molecule has 0 bridgehead atoms. The van der Waals surface area contributed by atoms with E-state index in [0.717, 1.165) is 16.7 Å². The third-order valence-corrected chi connectivity index (χ3v) is 4.26. The number of carbonyl (C=O) groups excluding carboxylic acids is 1. The van der Waals surface area contributed by atoms with Crippen molar-refractivity contribution in [3.05, 3.63) is 22.4 Å². The number of rotatable bonds is 2. The van der Waals surface area contributed by atoms with Crippen molar-refractivity contribution >= 4 is 17.1 Å². The van der Waals surface area contributed by atoms with Crippen LogP contribution in [-0.4, -0.2) is 5.78 Å². The Balaban J connectivity index is 1.75. The number of hydrogen-bond acceptors (Lipinski definition) is 2. The second-order valence-electron chi connectivity index (χ2n) is 4.27. The molecule has 2 atom stereocenters. The molecule has 2 fully saturated rings. The van der Waals surface area contributed by atoms with Gasteiger partial charge in [-0.25, -0.2) is 0 Å². The Hall–Kier alpha value is -0.630. The summed E-state index contributed by atoms with van der Waals surface area (Å²) in [7, 11) is 0. The van der Waals surface area contributed by atoms with Gasteiger partial charge in [0.05, 0.1) is 4.88 Å². The van der Waals surface area contributed by atoms with Crippen molar-refractivity contribution in [2.24, 2.45) is 17.8 Å². The molecule has 0 aliphatic heterocycles. The summed E-state index contributed by atoms with van der Waals surface area (Å²) < 4.78 is 0. The second-order valence-corrected chi connectivity index (χ2v) is 5.21. The van der Waals surface area contributed by atoms with Crippen molar-refractivity contribution in [3.8, 4) is 0 Å². The van der Waals surface area contributed by atoms with Crippen LogP contribution >= 0.6 is 11.3 Å². The summed E-state index contributed by atoms with van der Waals surface area (Å²) in [6.07, 6.45) is 3.73. The summed E-state index contributed by atoms with van der Waals surface area (Å²) in [6.45, 7) is 0. The summed E-state index contributed by atoms with van der Waals surface area (Å²) in [6, 6.07) is 3.92. The lowest BCUT2D eigenvalue weighted by Crippen LogP contribution is -2.11. The van der Waals surface area contributed by atoms with Gasteiger partial charge in [-0.3, -0.25) is 4.79 Å². The molecule has 1 nitrogen and oxygen atoms in total. The Morgan fingerprint density at radius 1 is 1.31 bits per heavy atom. The molecule has 0 radical (unpaired) electrons. The highest BCUT2D eigenvalue weighted by molar-refractivity contribution is 7.12. The highest BCUT2D eigenvalue weighted by Gasteiger charge is 2.48. The SMILES string of the molecule is O=C(c1cccs1)C1CC2CC2C1. The molecule has 0 aromatic carbocycles. The van der Waals surface area contributed by atoms with E-state index >= 15 is 0 Å². The maximum Gasteiger partial charge on any atom is 0.175 e. The van der Waals surface area contributed by atoms with Gasteiger partial charge in [-0.15, -0.1) is 11.3 Å². The summed E-state index contributed by atoms with van der Waals surface area (Å²) in [4.78, 5) is 12.8. The fourth-order valence-corrected chi connectivity index (χ4v) is 3.29. The van der Waals surface area contributed by atoms with Gasteiger partial charge in [0.2, 0.25) is 0 Å². The quantitative estimate of drug-likeness (QED) is 0.658. The first-order valence-corrected chi connectivity index (χ1v) is 5.80.